The van der Waals surface area contributed by atoms with Gasteiger partial charge < -0.3 is 10.1 Å². The maximum atomic E-state index is 13.0. The number of hydrogen-bond acceptors (Lipinski definition) is 6. The van der Waals surface area contributed by atoms with Crippen LogP contribution in [0.5, 0.6) is 0 Å². The van der Waals surface area contributed by atoms with Crippen LogP contribution in [0, 0.1) is 6.92 Å². The molecule has 3 heterocycles. The predicted octanol–water partition coefficient (Wildman–Crippen LogP) is 0.989. The molecule has 1 amide bonds. The molecule has 1 aliphatic heterocycles. The van der Waals surface area contributed by atoms with Gasteiger partial charge in [-0.15, -0.1) is 10.2 Å². The van der Waals surface area contributed by atoms with Gasteiger partial charge >= 0.3 is 0 Å². The van der Waals surface area contributed by atoms with Crippen molar-refractivity contribution in [3.8, 4) is 0 Å². The first-order valence-electron chi connectivity index (χ1n) is 9.22. The number of morpholine rings is 1. The molecule has 0 saturated carbocycles. The van der Waals surface area contributed by atoms with Gasteiger partial charge in [0.25, 0.3) is 5.91 Å². The molecule has 0 radical (unpaired) electrons. The van der Waals surface area contributed by atoms with Gasteiger partial charge in [-0.05, 0) is 36.8 Å². The van der Waals surface area contributed by atoms with Gasteiger partial charge in [-0.25, -0.2) is 8.42 Å². The Kier molecular flexibility index (Phi) is 5.31. The summed E-state index contributed by atoms with van der Waals surface area (Å²) in [5.74, 6) is 0.207. The van der Waals surface area contributed by atoms with Crippen LogP contribution in [0.1, 0.15) is 21.7 Å². The van der Waals surface area contributed by atoms with E-state index in [1.807, 2.05) is 24.4 Å². The average molecular weight is 415 g/mol. The van der Waals surface area contributed by atoms with Crippen molar-refractivity contribution < 1.29 is 17.9 Å². The van der Waals surface area contributed by atoms with Gasteiger partial charge in [-0.1, -0.05) is 12.1 Å². The Morgan fingerprint density at radius 2 is 1.97 bits per heavy atom. The molecule has 0 unspecified atom stereocenters. The fourth-order valence-corrected chi connectivity index (χ4v) is 4.88. The second kappa shape index (κ2) is 7.90. The number of fused-ring (bicyclic) bond motifs is 1. The van der Waals surface area contributed by atoms with Gasteiger partial charge in [0.05, 0.1) is 24.7 Å². The first-order valence-corrected chi connectivity index (χ1v) is 10.7. The van der Waals surface area contributed by atoms with Crippen LogP contribution in [0.25, 0.3) is 5.65 Å². The van der Waals surface area contributed by atoms with E-state index >= 15 is 0 Å². The van der Waals surface area contributed by atoms with Crippen LogP contribution in [0.2, 0.25) is 0 Å². The van der Waals surface area contributed by atoms with Crippen molar-refractivity contribution in [3.63, 3.8) is 0 Å². The van der Waals surface area contributed by atoms with E-state index in [9.17, 15) is 13.2 Å². The van der Waals surface area contributed by atoms with E-state index < -0.39 is 10.0 Å². The maximum absolute atomic E-state index is 13.0. The number of rotatable bonds is 5. The van der Waals surface area contributed by atoms with Crippen molar-refractivity contribution in [2.75, 3.05) is 26.3 Å². The van der Waals surface area contributed by atoms with E-state index in [0.29, 0.717) is 43.3 Å². The Balaban J connectivity index is 1.54. The van der Waals surface area contributed by atoms with E-state index in [4.69, 9.17) is 4.74 Å². The quantitative estimate of drug-likeness (QED) is 0.666. The number of aryl methyl sites for hydroxylation is 1. The third-order valence-electron chi connectivity index (χ3n) is 4.83. The van der Waals surface area contributed by atoms with Gasteiger partial charge in [-0.3, -0.25) is 9.20 Å². The van der Waals surface area contributed by atoms with Crippen LogP contribution < -0.4 is 5.32 Å². The molecule has 4 rings (SSSR count). The van der Waals surface area contributed by atoms with Crippen LogP contribution in [0.15, 0.2) is 47.5 Å². The number of carbonyl (C=O) groups excluding carboxylic acids is 1. The van der Waals surface area contributed by atoms with Crippen molar-refractivity contribution >= 4 is 21.6 Å². The number of ether oxygens (including phenoxy) is 1. The average Bonchev–Trinajstić information content (AvgIpc) is 3.16. The molecule has 1 aromatic carbocycles. The molecule has 1 saturated heterocycles. The molecule has 2 aromatic heterocycles. The fraction of sp³-hybridized carbons (Fsp3) is 0.316. The number of aromatic nitrogens is 3. The highest BCUT2D eigenvalue weighted by Crippen LogP contribution is 2.22. The molecular formula is C19H21N5O4S. The smallest absolute Gasteiger partial charge is 0.251 e. The molecule has 0 spiro atoms. The lowest BCUT2D eigenvalue weighted by molar-refractivity contribution is 0.0730. The molecule has 3 aromatic rings. The fourth-order valence-electron chi connectivity index (χ4n) is 3.22. The molecule has 0 aliphatic carbocycles. The minimum Gasteiger partial charge on any atom is -0.379 e. The van der Waals surface area contributed by atoms with Crippen molar-refractivity contribution in [2.24, 2.45) is 0 Å². The largest absolute Gasteiger partial charge is 0.379 e. The minimum atomic E-state index is -3.69. The van der Waals surface area contributed by atoms with Gasteiger partial charge in [0, 0.05) is 24.8 Å². The van der Waals surface area contributed by atoms with Crippen LogP contribution in [-0.2, 0) is 21.3 Å². The molecule has 1 N–H and O–H groups in total. The molecule has 0 bridgehead atoms. The number of carbonyl (C=O) groups is 1. The summed E-state index contributed by atoms with van der Waals surface area (Å²) >= 11 is 0. The van der Waals surface area contributed by atoms with E-state index in [1.165, 1.54) is 10.4 Å². The molecule has 1 aliphatic rings. The first kappa shape index (κ1) is 19.5. The number of nitrogens with zero attached hydrogens (tertiary/aromatic N) is 4. The minimum absolute atomic E-state index is 0.139. The summed E-state index contributed by atoms with van der Waals surface area (Å²) in [4.78, 5) is 12.8. The Hall–Kier alpha value is -2.82. The number of sulfonamides is 1. The van der Waals surface area contributed by atoms with Crippen LogP contribution in [0.4, 0.5) is 0 Å². The Labute approximate surface area is 168 Å². The monoisotopic (exact) mass is 415 g/mol. The van der Waals surface area contributed by atoms with Crippen molar-refractivity contribution in [2.45, 2.75) is 18.4 Å². The second-order valence-electron chi connectivity index (χ2n) is 6.72. The van der Waals surface area contributed by atoms with Gasteiger partial charge in [0.1, 0.15) is 0 Å². The van der Waals surface area contributed by atoms with Crippen LogP contribution in [0.3, 0.4) is 0 Å². The lowest BCUT2D eigenvalue weighted by atomic mass is 10.1. The Bertz CT molecular complexity index is 1150. The molecule has 1 fully saturated rings. The predicted molar refractivity (Wildman–Crippen MR) is 105 cm³/mol. The number of benzene rings is 1. The summed E-state index contributed by atoms with van der Waals surface area (Å²) in [7, 11) is -3.69. The standard InChI is InChI=1S/C19H21N5O4S/c1-14-5-6-15(12-16(14)29(26,27)23-8-10-28-11-9-23)19(25)20-13-18-22-21-17-4-2-3-7-24(17)18/h2-7,12H,8-11,13H2,1H3,(H,20,25). The molecule has 152 valence electrons. The van der Waals surface area contributed by atoms with Gasteiger partial charge in [-0.2, -0.15) is 4.31 Å². The highest BCUT2D eigenvalue weighted by Gasteiger charge is 2.28. The summed E-state index contributed by atoms with van der Waals surface area (Å²) in [6, 6.07) is 10.2. The summed E-state index contributed by atoms with van der Waals surface area (Å²) in [6.45, 7) is 3.23. The number of pyridine rings is 1. The molecule has 0 atom stereocenters. The van der Waals surface area contributed by atoms with E-state index in [-0.39, 0.29) is 22.9 Å². The second-order valence-corrected chi connectivity index (χ2v) is 8.63. The number of amides is 1. The SMILES string of the molecule is Cc1ccc(C(=O)NCc2nnc3ccccn23)cc1S(=O)(=O)N1CCOCC1. The molecule has 29 heavy (non-hydrogen) atoms. The summed E-state index contributed by atoms with van der Waals surface area (Å²) in [5.41, 5.74) is 1.55. The Morgan fingerprint density at radius 3 is 2.76 bits per heavy atom. The zero-order valence-corrected chi connectivity index (χ0v) is 16.7. The van der Waals surface area contributed by atoms with Crippen molar-refractivity contribution in [1.82, 2.24) is 24.2 Å². The highest BCUT2D eigenvalue weighted by molar-refractivity contribution is 7.89. The lowest BCUT2D eigenvalue weighted by Gasteiger charge is -2.26. The molecule has 9 nitrogen and oxygen atoms in total. The van der Waals surface area contributed by atoms with E-state index in [2.05, 4.69) is 15.5 Å². The number of nitrogens with one attached hydrogen (secondary N) is 1. The summed E-state index contributed by atoms with van der Waals surface area (Å²) < 4.78 is 34.4. The molecular weight excluding hydrogens is 394 g/mol. The highest BCUT2D eigenvalue weighted by atomic mass is 32.2. The summed E-state index contributed by atoms with van der Waals surface area (Å²) in [5, 5.41) is 10.9. The first-order chi connectivity index (χ1) is 14.0. The molecule has 10 heteroatoms. The van der Waals surface area contributed by atoms with E-state index in [1.54, 1.807) is 23.5 Å². The third kappa shape index (κ3) is 3.86. The summed E-state index contributed by atoms with van der Waals surface area (Å²) in [6.07, 6.45) is 1.82. The van der Waals surface area contributed by atoms with Crippen molar-refractivity contribution in [3.05, 3.63) is 59.5 Å². The van der Waals surface area contributed by atoms with Crippen molar-refractivity contribution in [1.29, 1.82) is 0 Å². The normalized spacial score (nSPS) is 15.5. The van der Waals surface area contributed by atoms with Crippen LogP contribution in [-0.4, -0.2) is 59.5 Å². The maximum Gasteiger partial charge on any atom is 0.251 e. The van der Waals surface area contributed by atoms with Gasteiger partial charge in [0.2, 0.25) is 10.0 Å². The van der Waals surface area contributed by atoms with Gasteiger partial charge in [0.15, 0.2) is 11.5 Å². The zero-order chi connectivity index (χ0) is 20.4. The van der Waals surface area contributed by atoms with E-state index in [0.717, 1.165) is 0 Å². The number of hydrogen-bond donors (Lipinski definition) is 1. The topological polar surface area (TPSA) is 106 Å². The van der Waals surface area contributed by atoms with Crippen LogP contribution >= 0.6 is 0 Å². The zero-order valence-electron chi connectivity index (χ0n) is 15.9. The Morgan fingerprint density at radius 1 is 1.17 bits per heavy atom. The third-order valence-corrected chi connectivity index (χ3v) is 6.87. The lowest BCUT2D eigenvalue weighted by Crippen LogP contribution is -2.41.